The number of carbonyl (C=O) groups is 1. The number of methoxy groups -OCH3 is 1. The molecular weight excluding hydrogens is 264 g/mol. The van der Waals surface area contributed by atoms with Crippen LogP contribution in [-0.2, 0) is 4.79 Å². The van der Waals surface area contributed by atoms with Crippen LogP contribution in [0.2, 0.25) is 0 Å². The first-order chi connectivity index (χ1) is 9.20. The molecule has 1 aromatic carbocycles. The zero-order chi connectivity index (χ0) is 13.7. The Morgan fingerprint density at radius 3 is 2.74 bits per heavy atom. The van der Waals surface area contributed by atoms with Crippen LogP contribution >= 0.6 is 11.6 Å². The summed E-state index contributed by atoms with van der Waals surface area (Å²) in [7, 11) is 1.52. The molecule has 0 bridgehead atoms. The van der Waals surface area contributed by atoms with Crippen molar-refractivity contribution in [3.63, 3.8) is 0 Å². The first-order valence-corrected chi connectivity index (χ1v) is 6.14. The van der Waals surface area contributed by atoms with E-state index in [2.05, 4.69) is 10.3 Å². The van der Waals surface area contributed by atoms with Crippen molar-refractivity contribution < 1.29 is 9.53 Å². The van der Waals surface area contributed by atoms with E-state index in [1.807, 2.05) is 30.3 Å². The lowest BCUT2D eigenvalue weighted by Crippen LogP contribution is -2.17. The SMILES string of the molecule is COc1cc(NC(=O)C(Cl)c2ccccc2)ccn1. The molecule has 1 amide bonds. The lowest BCUT2D eigenvalue weighted by atomic mass is 10.1. The molecule has 1 atom stereocenters. The van der Waals surface area contributed by atoms with Gasteiger partial charge in [0, 0.05) is 18.0 Å². The first kappa shape index (κ1) is 13.4. The quantitative estimate of drug-likeness (QED) is 0.874. The number of hydrogen-bond acceptors (Lipinski definition) is 3. The number of carbonyl (C=O) groups excluding carboxylic acids is 1. The van der Waals surface area contributed by atoms with Gasteiger partial charge in [-0.1, -0.05) is 30.3 Å². The lowest BCUT2D eigenvalue weighted by molar-refractivity contribution is -0.116. The molecule has 1 N–H and O–H groups in total. The van der Waals surface area contributed by atoms with Crippen molar-refractivity contribution >= 4 is 23.2 Å². The average Bonchev–Trinajstić information content (AvgIpc) is 2.47. The Balaban J connectivity index is 2.08. The zero-order valence-electron chi connectivity index (χ0n) is 10.3. The molecule has 2 rings (SSSR count). The minimum atomic E-state index is -0.736. The van der Waals surface area contributed by atoms with E-state index >= 15 is 0 Å². The molecule has 2 aromatic rings. The molecule has 1 heterocycles. The molecule has 1 unspecified atom stereocenters. The predicted octanol–water partition coefficient (Wildman–Crippen LogP) is 3.01. The van der Waals surface area contributed by atoms with Crippen LogP contribution in [0.5, 0.6) is 5.88 Å². The van der Waals surface area contributed by atoms with Crippen molar-refractivity contribution in [2.75, 3.05) is 12.4 Å². The fourth-order valence-corrected chi connectivity index (χ4v) is 1.78. The number of ether oxygens (including phenoxy) is 1. The van der Waals surface area contributed by atoms with E-state index in [4.69, 9.17) is 16.3 Å². The lowest BCUT2D eigenvalue weighted by Gasteiger charge is -2.11. The van der Waals surface area contributed by atoms with Gasteiger partial charge in [-0.15, -0.1) is 11.6 Å². The van der Waals surface area contributed by atoms with Crippen molar-refractivity contribution in [2.45, 2.75) is 5.38 Å². The average molecular weight is 277 g/mol. The van der Waals surface area contributed by atoms with Gasteiger partial charge in [-0.2, -0.15) is 0 Å². The van der Waals surface area contributed by atoms with Crippen LogP contribution in [0.3, 0.4) is 0 Å². The number of rotatable bonds is 4. The van der Waals surface area contributed by atoms with Gasteiger partial charge in [0.2, 0.25) is 11.8 Å². The number of alkyl halides is 1. The molecule has 19 heavy (non-hydrogen) atoms. The Labute approximate surface area is 116 Å². The van der Waals surface area contributed by atoms with Crippen LogP contribution in [0, 0.1) is 0 Å². The zero-order valence-corrected chi connectivity index (χ0v) is 11.1. The van der Waals surface area contributed by atoms with E-state index in [0.717, 1.165) is 5.56 Å². The number of nitrogens with one attached hydrogen (secondary N) is 1. The van der Waals surface area contributed by atoms with Crippen LogP contribution in [-0.4, -0.2) is 18.0 Å². The van der Waals surface area contributed by atoms with Gasteiger partial charge in [0.1, 0.15) is 5.38 Å². The van der Waals surface area contributed by atoms with Gasteiger partial charge in [-0.3, -0.25) is 4.79 Å². The highest BCUT2D eigenvalue weighted by Gasteiger charge is 2.17. The highest BCUT2D eigenvalue weighted by molar-refractivity contribution is 6.32. The van der Waals surface area contributed by atoms with Crippen LogP contribution < -0.4 is 10.1 Å². The van der Waals surface area contributed by atoms with Gasteiger partial charge in [-0.05, 0) is 11.6 Å². The molecule has 0 aliphatic carbocycles. The predicted molar refractivity (Wildman–Crippen MR) is 74.5 cm³/mol. The Bertz CT molecular complexity index is 560. The van der Waals surface area contributed by atoms with E-state index in [-0.39, 0.29) is 5.91 Å². The van der Waals surface area contributed by atoms with Crippen molar-refractivity contribution in [1.82, 2.24) is 4.98 Å². The molecule has 0 saturated carbocycles. The van der Waals surface area contributed by atoms with Gasteiger partial charge >= 0.3 is 0 Å². The van der Waals surface area contributed by atoms with E-state index < -0.39 is 5.38 Å². The number of pyridine rings is 1. The second-order valence-electron chi connectivity index (χ2n) is 3.85. The number of hydrogen-bond donors (Lipinski definition) is 1. The molecule has 1 aromatic heterocycles. The summed E-state index contributed by atoms with van der Waals surface area (Å²) >= 11 is 6.12. The molecule has 0 aliphatic heterocycles. The second kappa shape index (κ2) is 6.20. The summed E-state index contributed by atoms with van der Waals surface area (Å²) in [5.74, 6) is 0.143. The molecule has 98 valence electrons. The summed E-state index contributed by atoms with van der Waals surface area (Å²) < 4.78 is 4.99. The summed E-state index contributed by atoms with van der Waals surface area (Å²) in [4.78, 5) is 16.0. The minimum absolute atomic E-state index is 0.291. The molecule has 0 aliphatic rings. The Kier molecular flexibility index (Phi) is 4.36. The summed E-state index contributed by atoms with van der Waals surface area (Å²) in [6, 6.07) is 12.5. The van der Waals surface area contributed by atoms with Crippen LogP contribution in [0.15, 0.2) is 48.7 Å². The van der Waals surface area contributed by atoms with E-state index in [0.29, 0.717) is 11.6 Å². The molecule has 4 nitrogen and oxygen atoms in total. The number of aromatic nitrogens is 1. The maximum absolute atomic E-state index is 12.0. The number of nitrogens with zero attached hydrogens (tertiary/aromatic N) is 1. The van der Waals surface area contributed by atoms with Crippen molar-refractivity contribution in [3.05, 3.63) is 54.2 Å². The van der Waals surface area contributed by atoms with Gasteiger partial charge in [0.05, 0.1) is 7.11 Å². The standard InChI is InChI=1S/C14H13ClN2O2/c1-19-12-9-11(7-8-16-12)17-14(18)13(15)10-5-3-2-4-6-10/h2-9,13H,1H3,(H,16,17,18). The van der Waals surface area contributed by atoms with Gasteiger partial charge in [0.15, 0.2) is 0 Å². The monoisotopic (exact) mass is 276 g/mol. The molecule has 0 saturated heterocycles. The summed E-state index contributed by atoms with van der Waals surface area (Å²) in [5.41, 5.74) is 1.35. The fourth-order valence-electron chi connectivity index (χ4n) is 1.58. The van der Waals surface area contributed by atoms with E-state index in [1.54, 1.807) is 18.3 Å². The molecule has 0 fully saturated rings. The summed E-state index contributed by atoms with van der Waals surface area (Å²) in [6.07, 6.45) is 1.56. The van der Waals surface area contributed by atoms with Crippen molar-refractivity contribution in [2.24, 2.45) is 0 Å². The smallest absolute Gasteiger partial charge is 0.246 e. The minimum Gasteiger partial charge on any atom is -0.481 e. The number of benzene rings is 1. The van der Waals surface area contributed by atoms with Crippen LogP contribution in [0.4, 0.5) is 5.69 Å². The van der Waals surface area contributed by atoms with Crippen molar-refractivity contribution in [1.29, 1.82) is 0 Å². The number of amides is 1. The fraction of sp³-hybridized carbons (Fsp3) is 0.143. The maximum Gasteiger partial charge on any atom is 0.246 e. The van der Waals surface area contributed by atoms with Gasteiger partial charge in [0.25, 0.3) is 0 Å². The molecule has 5 heteroatoms. The Morgan fingerprint density at radius 1 is 1.32 bits per heavy atom. The number of halogens is 1. The van der Waals surface area contributed by atoms with Crippen molar-refractivity contribution in [3.8, 4) is 5.88 Å². The van der Waals surface area contributed by atoms with E-state index in [1.165, 1.54) is 7.11 Å². The highest BCUT2D eigenvalue weighted by Crippen LogP contribution is 2.22. The molecule has 0 spiro atoms. The van der Waals surface area contributed by atoms with Crippen LogP contribution in [0.25, 0.3) is 0 Å². The van der Waals surface area contributed by atoms with Gasteiger partial charge in [-0.25, -0.2) is 4.98 Å². The largest absolute Gasteiger partial charge is 0.481 e. The number of anilines is 1. The van der Waals surface area contributed by atoms with Crippen LogP contribution in [0.1, 0.15) is 10.9 Å². The normalized spacial score (nSPS) is 11.7. The second-order valence-corrected chi connectivity index (χ2v) is 4.29. The third kappa shape index (κ3) is 3.45. The van der Waals surface area contributed by atoms with Gasteiger partial charge < -0.3 is 10.1 Å². The molecule has 0 radical (unpaired) electrons. The maximum atomic E-state index is 12.0. The topological polar surface area (TPSA) is 51.2 Å². The summed E-state index contributed by atoms with van der Waals surface area (Å²) in [6.45, 7) is 0. The third-order valence-corrected chi connectivity index (χ3v) is 2.98. The summed E-state index contributed by atoms with van der Waals surface area (Å²) in [5, 5.41) is 1.99. The van der Waals surface area contributed by atoms with E-state index in [9.17, 15) is 4.79 Å². The Hall–Kier alpha value is -2.07. The highest BCUT2D eigenvalue weighted by atomic mass is 35.5. The third-order valence-electron chi connectivity index (χ3n) is 2.53. The Morgan fingerprint density at radius 2 is 2.05 bits per heavy atom. The molecular formula is C14H13ClN2O2. The first-order valence-electron chi connectivity index (χ1n) is 5.70.